The number of allylic oxidation sites excluding steroid dienone is 1. The van der Waals surface area contributed by atoms with Gasteiger partial charge in [-0.15, -0.1) is 11.6 Å². The molecule has 23 heavy (non-hydrogen) atoms. The Kier molecular flexibility index (Phi) is 3.96. The first kappa shape index (κ1) is 15.4. The fraction of sp³-hybridized carbons (Fsp3) is 0.176. The molecule has 0 bridgehead atoms. The summed E-state index contributed by atoms with van der Waals surface area (Å²) in [4.78, 5) is 24.0. The average molecular weight is 333 g/mol. The van der Waals surface area contributed by atoms with Crippen LogP contribution in [-0.2, 0) is 4.79 Å². The zero-order chi connectivity index (χ0) is 16.6. The summed E-state index contributed by atoms with van der Waals surface area (Å²) in [5.74, 6) is 0.552. The first-order valence-corrected chi connectivity index (χ1v) is 7.38. The fourth-order valence-electron chi connectivity index (χ4n) is 2.17. The molecule has 1 unspecified atom stereocenters. The first-order valence-electron chi connectivity index (χ1n) is 6.94. The van der Waals surface area contributed by atoms with E-state index in [2.05, 4.69) is 0 Å². The maximum absolute atomic E-state index is 12.4. The monoisotopic (exact) mass is 332 g/mol. The zero-order valence-corrected chi connectivity index (χ0v) is 13.2. The highest BCUT2D eigenvalue weighted by Gasteiger charge is 2.31. The van der Waals surface area contributed by atoms with Gasteiger partial charge >= 0.3 is 5.97 Å². The van der Waals surface area contributed by atoms with Gasteiger partial charge in [-0.25, -0.2) is 0 Å². The van der Waals surface area contributed by atoms with Gasteiger partial charge in [0.25, 0.3) is 0 Å². The van der Waals surface area contributed by atoms with Gasteiger partial charge in [-0.05, 0) is 38.1 Å². The number of hydrogen-bond donors (Lipinski definition) is 0. The number of carbonyl (C=O) groups excluding carboxylic acids is 2. The lowest BCUT2D eigenvalue weighted by atomic mass is 10.1. The third kappa shape index (κ3) is 2.87. The molecular weight excluding hydrogens is 320 g/mol. The quantitative estimate of drug-likeness (QED) is 0.371. The molecule has 1 atom stereocenters. The molecule has 1 aliphatic rings. The van der Waals surface area contributed by atoms with E-state index in [1.54, 1.807) is 31.2 Å². The summed E-state index contributed by atoms with van der Waals surface area (Å²) in [6.07, 6.45) is 3.03. The van der Waals surface area contributed by atoms with Crippen LogP contribution in [0.4, 0.5) is 0 Å². The molecule has 0 amide bonds. The largest absolute Gasteiger partial charge is 0.465 e. The molecule has 2 heterocycles. The van der Waals surface area contributed by atoms with E-state index in [1.165, 1.54) is 19.3 Å². The predicted molar refractivity (Wildman–Crippen MR) is 83.8 cm³/mol. The average Bonchev–Trinajstić information content (AvgIpc) is 3.12. The summed E-state index contributed by atoms with van der Waals surface area (Å²) >= 11 is 5.69. The Balaban J connectivity index is 1.93. The SMILES string of the molecule is Cc1c(OC(=O)C(C)Cl)ccc2c1O/C(=C\c1ccco1)C2=O. The molecular formula is C17H13ClO5. The van der Waals surface area contributed by atoms with Crippen LogP contribution >= 0.6 is 11.6 Å². The lowest BCUT2D eigenvalue weighted by Crippen LogP contribution is -2.18. The number of esters is 1. The topological polar surface area (TPSA) is 65.7 Å². The van der Waals surface area contributed by atoms with Gasteiger partial charge in [-0.3, -0.25) is 9.59 Å². The number of ether oxygens (including phenoxy) is 2. The minimum atomic E-state index is -0.764. The minimum absolute atomic E-state index is 0.159. The van der Waals surface area contributed by atoms with Gasteiger partial charge in [0.15, 0.2) is 5.76 Å². The van der Waals surface area contributed by atoms with E-state index in [0.29, 0.717) is 28.4 Å². The second kappa shape index (κ2) is 5.93. The molecule has 2 aromatic rings. The number of ketones is 1. The van der Waals surface area contributed by atoms with Crippen LogP contribution in [0.2, 0.25) is 0 Å². The highest BCUT2D eigenvalue weighted by molar-refractivity contribution is 6.29. The van der Waals surface area contributed by atoms with E-state index < -0.39 is 11.3 Å². The van der Waals surface area contributed by atoms with Gasteiger partial charge in [0.1, 0.15) is 22.6 Å². The zero-order valence-electron chi connectivity index (χ0n) is 12.5. The highest BCUT2D eigenvalue weighted by atomic mass is 35.5. The van der Waals surface area contributed by atoms with Crippen molar-refractivity contribution in [3.05, 3.63) is 53.2 Å². The maximum Gasteiger partial charge on any atom is 0.329 e. The summed E-state index contributed by atoms with van der Waals surface area (Å²) < 4.78 is 16.0. The molecule has 0 saturated carbocycles. The number of fused-ring (bicyclic) bond motifs is 1. The smallest absolute Gasteiger partial charge is 0.329 e. The van der Waals surface area contributed by atoms with Gasteiger partial charge < -0.3 is 13.9 Å². The van der Waals surface area contributed by atoms with Crippen molar-refractivity contribution in [2.75, 3.05) is 0 Å². The molecule has 0 N–H and O–H groups in total. The van der Waals surface area contributed by atoms with Crippen molar-refractivity contribution in [3.63, 3.8) is 0 Å². The van der Waals surface area contributed by atoms with Crippen LogP contribution in [-0.4, -0.2) is 17.1 Å². The molecule has 1 aliphatic heterocycles. The molecule has 0 spiro atoms. The van der Waals surface area contributed by atoms with Gasteiger partial charge in [0, 0.05) is 11.6 Å². The summed E-state index contributed by atoms with van der Waals surface area (Å²) in [7, 11) is 0. The summed E-state index contributed by atoms with van der Waals surface area (Å²) in [5, 5.41) is -0.764. The molecule has 0 aliphatic carbocycles. The minimum Gasteiger partial charge on any atom is -0.465 e. The van der Waals surface area contributed by atoms with E-state index in [0.717, 1.165) is 0 Å². The van der Waals surface area contributed by atoms with Crippen molar-refractivity contribution in [2.24, 2.45) is 0 Å². The van der Waals surface area contributed by atoms with E-state index >= 15 is 0 Å². The van der Waals surface area contributed by atoms with Gasteiger partial charge in [0.05, 0.1) is 11.8 Å². The van der Waals surface area contributed by atoms with Crippen molar-refractivity contribution < 1.29 is 23.5 Å². The third-order valence-corrected chi connectivity index (χ3v) is 3.57. The molecule has 0 saturated heterocycles. The summed E-state index contributed by atoms with van der Waals surface area (Å²) in [5.41, 5.74) is 0.975. The fourth-order valence-corrected chi connectivity index (χ4v) is 2.22. The number of carbonyl (C=O) groups is 2. The number of halogens is 1. The number of furan rings is 1. The van der Waals surface area contributed by atoms with Crippen LogP contribution in [0.5, 0.6) is 11.5 Å². The Morgan fingerprint density at radius 2 is 2.13 bits per heavy atom. The number of alkyl halides is 1. The van der Waals surface area contributed by atoms with E-state index in [4.69, 9.17) is 25.5 Å². The number of rotatable bonds is 3. The van der Waals surface area contributed by atoms with Crippen LogP contribution in [0, 0.1) is 6.92 Å². The molecule has 118 valence electrons. The molecule has 3 rings (SSSR count). The Morgan fingerprint density at radius 3 is 2.78 bits per heavy atom. The van der Waals surface area contributed by atoms with Gasteiger partial charge in [0.2, 0.25) is 5.78 Å². The molecule has 1 aromatic carbocycles. The number of hydrogen-bond acceptors (Lipinski definition) is 5. The first-order chi connectivity index (χ1) is 11.0. The molecule has 6 heteroatoms. The summed E-state index contributed by atoms with van der Waals surface area (Å²) in [6, 6.07) is 6.56. The summed E-state index contributed by atoms with van der Waals surface area (Å²) in [6.45, 7) is 3.24. The molecule has 0 radical (unpaired) electrons. The van der Waals surface area contributed by atoms with E-state index in [9.17, 15) is 9.59 Å². The second-order valence-corrected chi connectivity index (χ2v) is 5.71. The van der Waals surface area contributed by atoms with Gasteiger partial charge in [-0.1, -0.05) is 0 Å². The van der Waals surface area contributed by atoms with Crippen LogP contribution < -0.4 is 9.47 Å². The lowest BCUT2D eigenvalue weighted by Gasteiger charge is -2.10. The van der Waals surface area contributed by atoms with Crippen molar-refractivity contribution in [1.29, 1.82) is 0 Å². The number of benzene rings is 1. The van der Waals surface area contributed by atoms with Crippen molar-refractivity contribution >= 4 is 29.4 Å². The normalized spacial score (nSPS) is 16.1. The van der Waals surface area contributed by atoms with Gasteiger partial charge in [-0.2, -0.15) is 0 Å². The Hall–Kier alpha value is -2.53. The Labute approximate surface area is 137 Å². The predicted octanol–water partition coefficient (Wildman–Crippen LogP) is 3.74. The molecule has 5 nitrogen and oxygen atoms in total. The van der Waals surface area contributed by atoms with E-state index in [1.807, 2.05) is 0 Å². The van der Waals surface area contributed by atoms with Crippen LogP contribution in [0.1, 0.15) is 28.6 Å². The van der Waals surface area contributed by atoms with Crippen LogP contribution in [0.15, 0.2) is 40.7 Å². The molecule has 1 aromatic heterocycles. The van der Waals surface area contributed by atoms with Crippen molar-refractivity contribution in [2.45, 2.75) is 19.2 Å². The van der Waals surface area contributed by atoms with Crippen molar-refractivity contribution in [3.8, 4) is 11.5 Å². The van der Waals surface area contributed by atoms with Crippen LogP contribution in [0.3, 0.4) is 0 Å². The van der Waals surface area contributed by atoms with E-state index in [-0.39, 0.29) is 11.5 Å². The Morgan fingerprint density at radius 1 is 1.35 bits per heavy atom. The second-order valence-electron chi connectivity index (χ2n) is 5.06. The number of Topliss-reactive ketones (excluding diaryl/α,β-unsaturated/α-hetero) is 1. The lowest BCUT2D eigenvalue weighted by molar-refractivity contribution is -0.133. The maximum atomic E-state index is 12.4. The highest BCUT2D eigenvalue weighted by Crippen LogP contribution is 2.39. The molecule has 0 fully saturated rings. The Bertz CT molecular complexity index is 803. The van der Waals surface area contributed by atoms with Crippen molar-refractivity contribution in [1.82, 2.24) is 0 Å². The standard InChI is InChI=1S/C17H13ClO5/c1-9-13(23-17(20)10(2)18)6-5-12-15(19)14(22-16(9)12)8-11-4-3-7-21-11/h3-8,10H,1-2H3/b14-8-. The third-order valence-electron chi connectivity index (χ3n) is 3.39. The van der Waals surface area contributed by atoms with Crippen LogP contribution in [0.25, 0.3) is 6.08 Å².